The highest BCUT2D eigenvalue weighted by atomic mass is 35.5. The first kappa shape index (κ1) is 20.5. The normalized spacial score (nSPS) is 10.7. The van der Waals surface area contributed by atoms with E-state index in [1.165, 1.54) is 0 Å². The fourth-order valence-corrected chi connectivity index (χ4v) is 3.49. The average molecular weight is 457 g/mol. The molecule has 30 heavy (non-hydrogen) atoms. The largest absolute Gasteiger partial charge is 0.489 e. The highest BCUT2D eigenvalue weighted by molar-refractivity contribution is 8.14. The lowest BCUT2D eigenvalue weighted by Gasteiger charge is -2.07. The van der Waals surface area contributed by atoms with Crippen LogP contribution in [0.4, 0.5) is 0 Å². The van der Waals surface area contributed by atoms with E-state index in [0.717, 1.165) is 22.9 Å². The summed E-state index contributed by atoms with van der Waals surface area (Å²) in [5.41, 5.74) is 2.13. The summed E-state index contributed by atoms with van der Waals surface area (Å²) in [6.45, 7) is 0.368. The number of carbonyl (C=O) groups is 1. The molecule has 0 aliphatic heterocycles. The number of nitrogens with zero attached hydrogens (tertiary/aromatic N) is 2. The molecule has 0 N–H and O–H groups in total. The van der Waals surface area contributed by atoms with Crippen LogP contribution in [0.25, 0.3) is 11.5 Å². The van der Waals surface area contributed by atoms with Crippen molar-refractivity contribution in [3.05, 3.63) is 94.0 Å². The predicted molar refractivity (Wildman–Crippen MR) is 117 cm³/mol. The minimum Gasteiger partial charge on any atom is -0.489 e. The van der Waals surface area contributed by atoms with Crippen molar-refractivity contribution >= 4 is 40.1 Å². The maximum Gasteiger partial charge on any atom is 0.284 e. The van der Waals surface area contributed by atoms with Crippen LogP contribution in [0.3, 0.4) is 0 Å². The second-order valence-electron chi connectivity index (χ2n) is 6.17. The zero-order valence-corrected chi connectivity index (χ0v) is 17.7. The molecule has 8 heteroatoms. The van der Waals surface area contributed by atoms with Gasteiger partial charge in [0, 0.05) is 38.5 Å². The molecule has 0 saturated carbocycles. The van der Waals surface area contributed by atoms with Gasteiger partial charge in [0.15, 0.2) is 0 Å². The molecular formula is C22H14Cl2N2O3S. The molecule has 0 radical (unpaired) electrons. The smallest absolute Gasteiger partial charge is 0.284 e. The Kier molecular flexibility index (Phi) is 6.38. The molecule has 0 saturated heterocycles. The molecule has 5 nitrogen and oxygen atoms in total. The Labute approximate surface area is 187 Å². The molecule has 3 aromatic carbocycles. The lowest BCUT2D eigenvalue weighted by molar-refractivity contribution is 0.108. The van der Waals surface area contributed by atoms with Crippen LogP contribution in [0.15, 0.2) is 82.4 Å². The molecule has 0 atom stereocenters. The first-order chi connectivity index (χ1) is 14.6. The molecule has 0 amide bonds. The number of benzene rings is 3. The van der Waals surface area contributed by atoms with Gasteiger partial charge in [-0.3, -0.25) is 4.79 Å². The van der Waals surface area contributed by atoms with Crippen molar-refractivity contribution in [2.75, 3.05) is 0 Å². The second-order valence-corrected chi connectivity index (χ2v) is 7.94. The van der Waals surface area contributed by atoms with Crippen molar-refractivity contribution in [3.8, 4) is 17.2 Å². The highest BCUT2D eigenvalue weighted by Gasteiger charge is 2.15. The van der Waals surface area contributed by atoms with E-state index in [4.69, 9.17) is 32.4 Å². The summed E-state index contributed by atoms with van der Waals surface area (Å²) in [4.78, 5) is 12.3. The third-order valence-electron chi connectivity index (χ3n) is 4.12. The van der Waals surface area contributed by atoms with E-state index < -0.39 is 0 Å². The average Bonchev–Trinajstić information content (AvgIpc) is 3.22. The van der Waals surface area contributed by atoms with E-state index in [1.807, 2.05) is 48.5 Å². The zero-order chi connectivity index (χ0) is 20.9. The first-order valence-electron chi connectivity index (χ1n) is 8.86. The Balaban J connectivity index is 1.39. The van der Waals surface area contributed by atoms with Crippen LogP contribution in [0.5, 0.6) is 5.75 Å². The monoisotopic (exact) mass is 456 g/mol. The maximum absolute atomic E-state index is 12.3. The van der Waals surface area contributed by atoms with E-state index >= 15 is 0 Å². The summed E-state index contributed by atoms with van der Waals surface area (Å²) in [7, 11) is 0. The summed E-state index contributed by atoms with van der Waals surface area (Å²) in [5.74, 6) is 1.00. The van der Waals surface area contributed by atoms with Gasteiger partial charge in [0.2, 0.25) is 11.0 Å². The fourth-order valence-electron chi connectivity index (χ4n) is 2.56. The lowest BCUT2D eigenvalue weighted by Crippen LogP contribution is -1.95. The number of hydrogen-bond acceptors (Lipinski definition) is 6. The molecule has 0 aliphatic rings. The summed E-state index contributed by atoms with van der Waals surface area (Å²) in [5, 5.41) is 9.15. The van der Waals surface area contributed by atoms with Gasteiger partial charge in [-0.25, -0.2) is 0 Å². The number of rotatable bonds is 6. The molecule has 1 heterocycles. The Bertz CT molecular complexity index is 1160. The number of thioether (sulfide) groups is 1. The number of carbonyl (C=O) groups excluding carboxylic acids is 1. The molecule has 4 rings (SSSR count). The number of ether oxygens (including phenoxy) is 1. The minimum absolute atomic E-state index is 0.170. The molecular weight excluding hydrogens is 443 g/mol. The SMILES string of the molecule is O=C(Sc1nnc(-c2ccc(OCc3ccccc3Cl)cc2)o1)c1ccc(Cl)cc1. The van der Waals surface area contributed by atoms with Crippen molar-refractivity contribution in [1.82, 2.24) is 10.2 Å². The summed E-state index contributed by atoms with van der Waals surface area (Å²) >= 11 is 12.9. The van der Waals surface area contributed by atoms with Crippen molar-refractivity contribution in [1.29, 1.82) is 0 Å². The first-order valence-corrected chi connectivity index (χ1v) is 10.4. The van der Waals surface area contributed by atoms with Gasteiger partial charge in [-0.1, -0.05) is 41.4 Å². The summed E-state index contributed by atoms with van der Waals surface area (Å²) in [6, 6.07) is 21.4. The Morgan fingerprint density at radius 2 is 1.67 bits per heavy atom. The van der Waals surface area contributed by atoms with Gasteiger partial charge in [0.05, 0.1) is 0 Å². The molecule has 0 unspecified atom stereocenters. The van der Waals surface area contributed by atoms with Crippen LogP contribution < -0.4 is 4.74 Å². The Hall–Kier alpha value is -2.80. The summed E-state index contributed by atoms with van der Waals surface area (Å²) < 4.78 is 11.4. The molecule has 1 aromatic heterocycles. The second kappa shape index (κ2) is 9.34. The number of halogens is 2. The van der Waals surface area contributed by atoms with Crippen LogP contribution in [0, 0.1) is 0 Å². The van der Waals surface area contributed by atoms with Gasteiger partial charge < -0.3 is 9.15 Å². The van der Waals surface area contributed by atoms with Crippen LogP contribution in [0.2, 0.25) is 10.0 Å². The van der Waals surface area contributed by atoms with Crippen molar-refractivity contribution in [2.45, 2.75) is 11.8 Å². The van der Waals surface area contributed by atoms with Crippen LogP contribution in [0.1, 0.15) is 15.9 Å². The molecule has 0 aliphatic carbocycles. The van der Waals surface area contributed by atoms with Crippen LogP contribution in [-0.2, 0) is 6.61 Å². The quantitative estimate of drug-likeness (QED) is 0.306. The summed E-state index contributed by atoms with van der Waals surface area (Å²) in [6.07, 6.45) is 0. The standard InChI is InChI=1S/C22H14Cl2N2O3S/c23-17-9-5-15(6-10-17)21(27)30-22-26-25-20(29-22)14-7-11-18(12-8-14)28-13-16-3-1-2-4-19(16)24/h1-12H,13H2. The Morgan fingerprint density at radius 1 is 0.933 bits per heavy atom. The van der Waals surface area contributed by atoms with E-state index in [9.17, 15) is 4.79 Å². The zero-order valence-electron chi connectivity index (χ0n) is 15.4. The molecule has 0 fully saturated rings. The van der Waals surface area contributed by atoms with Crippen molar-refractivity contribution in [3.63, 3.8) is 0 Å². The third-order valence-corrected chi connectivity index (χ3v) is 5.50. The Morgan fingerprint density at radius 3 is 2.40 bits per heavy atom. The van der Waals surface area contributed by atoms with Gasteiger partial charge in [-0.05, 0) is 54.6 Å². The van der Waals surface area contributed by atoms with Gasteiger partial charge in [0.1, 0.15) is 12.4 Å². The number of hydrogen-bond donors (Lipinski definition) is 0. The van der Waals surface area contributed by atoms with Crippen LogP contribution in [-0.4, -0.2) is 15.3 Å². The van der Waals surface area contributed by atoms with Gasteiger partial charge in [-0.15, -0.1) is 10.2 Å². The number of aromatic nitrogens is 2. The van der Waals surface area contributed by atoms with Gasteiger partial charge >= 0.3 is 0 Å². The maximum atomic E-state index is 12.3. The highest BCUT2D eigenvalue weighted by Crippen LogP contribution is 2.27. The van der Waals surface area contributed by atoms with E-state index in [2.05, 4.69) is 10.2 Å². The molecule has 150 valence electrons. The molecule has 0 spiro atoms. The third kappa shape index (κ3) is 5.02. The minimum atomic E-state index is -0.204. The van der Waals surface area contributed by atoms with E-state index in [1.54, 1.807) is 24.3 Å². The topological polar surface area (TPSA) is 65.2 Å². The van der Waals surface area contributed by atoms with E-state index in [-0.39, 0.29) is 10.3 Å². The fraction of sp³-hybridized carbons (Fsp3) is 0.0455. The van der Waals surface area contributed by atoms with Crippen LogP contribution >= 0.6 is 35.0 Å². The molecule has 4 aromatic rings. The van der Waals surface area contributed by atoms with Gasteiger partial charge in [0.25, 0.3) is 5.22 Å². The van der Waals surface area contributed by atoms with Crippen molar-refractivity contribution < 1.29 is 13.9 Å². The predicted octanol–water partition coefficient (Wildman–Crippen LogP) is 6.55. The van der Waals surface area contributed by atoms with Crippen molar-refractivity contribution in [2.24, 2.45) is 0 Å². The molecule has 0 bridgehead atoms. The van der Waals surface area contributed by atoms with Gasteiger partial charge in [-0.2, -0.15) is 0 Å². The van der Waals surface area contributed by atoms with E-state index in [0.29, 0.717) is 33.9 Å². The lowest BCUT2D eigenvalue weighted by atomic mass is 10.2.